The van der Waals surface area contributed by atoms with Gasteiger partial charge in [0.15, 0.2) is 6.29 Å². The van der Waals surface area contributed by atoms with Gasteiger partial charge in [0.2, 0.25) is 5.91 Å². The number of fused-ring (bicyclic) bond motifs is 2. The van der Waals surface area contributed by atoms with E-state index in [1.54, 1.807) is 0 Å². The van der Waals surface area contributed by atoms with Gasteiger partial charge in [-0.15, -0.1) is 0 Å². The summed E-state index contributed by atoms with van der Waals surface area (Å²) in [5, 5.41) is 0. The molecule has 50 heavy (non-hydrogen) atoms. The Bertz CT molecular complexity index is 1360. The molecule has 282 valence electrons. The largest absolute Gasteiger partial charge is 0.509 e. The Morgan fingerprint density at radius 3 is 2.36 bits per heavy atom. The monoisotopic (exact) mass is 697 g/mol. The Labute approximate surface area is 301 Å². The molecular weight excluding hydrogens is 630 g/mol. The lowest BCUT2D eigenvalue weighted by Crippen LogP contribution is -2.58. The average molecular weight is 698 g/mol. The number of nitrogens with zero attached hydrogens (tertiary/aromatic N) is 1. The smallest absolute Gasteiger partial charge is 0.427 e. The molecule has 2 saturated heterocycles. The Hall–Kier alpha value is -1.38. The zero-order chi connectivity index (χ0) is 35.6. The van der Waals surface area contributed by atoms with E-state index in [-0.39, 0.29) is 46.8 Å². The van der Waals surface area contributed by atoms with Gasteiger partial charge in [0.1, 0.15) is 11.7 Å². The van der Waals surface area contributed by atoms with Crippen molar-refractivity contribution in [3.05, 3.63) is 0 Å². The molecule has 8 rings (SSSR count). The van der Waals surface area contributed by atoms with Crippen LogP contribution in [-0.2, 0) is 28.5 Å². The van der Waals surface area contributed by atoms with Gasteiger partial charge in [-0.05, 0) is 147 Å². The second-order valence-electron chi connectivity index (χ2n) is 20.2. The van der Waals surface area contributed by atoms with Crippen LogP contribution < -0.4 is 0 Å². The normalized spacial score (nSPS) is 49.1. The van der Waals surface area contributed by atoms with Crippen molar-refractivity contribution in [3.8, 4) is 0 Å². The predicted molar refractivity (Wildman–Crippen MR) is 190 cm³/mol. The molecule has 6 aliphatic carbocycles. The molecule has 5 unspecified atom stereocenters. The molecule has 8 heteroatoms. The van der Waals surface area contributed by atoms with Gasteiger partial charge in [0.25, 0.3) is 0 Å². The van der Waals surface area contributed by atoms with Crippen molar-refractivity contribution in [1.29, 1.82) is 0 Å². The molecule has 8 fully saturated rings. The minimum Gasteiger partial charge on any atom is -0.427 e. The van der Waals surface area contributed by atoms with E-state index < -0.39 is 11.8 Å². The number of ether oxygens (including phenoxy) is 5. The summed E-state index contributed by atoms with van der Waals surface area (Å²) in [5.74, 6) is 3.91. The van der Waals surface area contributed by atoms with E-state index in [0.29, 0.717) is 66.5 Å². The van der Waals surface area contributed by atoms with E-state index >= 15 is 0 Å². The zero-order valence-corrected chi connectivity index (χ0v) is 32.7. The number of methoxy groups -OCH3 is 1. The lowest BCUT2D eigenvalue weighted by Gasteiger charge is -2.63. The van der Waals surface area contributed by atoms with Gasteiger partial charge in [-0.2, -0.15) is 0 Å². The third-order valence-electron chi connectivity index (χ3n) is 17.8. The molecule has 13 atom stereocenters. The number of hydrogen-bond acceptors (Lipinski definition) is 7. The topological polar surface area (TPSA) is 83.5 Å². The first kappa shape index (κ1) is 35.6. The van der Waals surface area contributed by atoms with Gasteiger partial charge in [0.05, 0.1) is 25.4 Å². The summed E-state index contributed by atoms with van der Waals surface area (Å²) in [4.78, 5) is 26.9. The van der Waals surface area contributed by atoms with Crippen LogP contribution in [0, 0.1) is 62.6 Å². The number of amides is 1. The molecule has 1 amide bonds. The van der Waals surface area contributed by atoms with Crippen LogP contribution in [-0.4, -0.2) is 74.0 Å². The van der Waals surface area contributed by atoms with E-state index in [2.05, 4.69) is 41.5 Å². The quantitative estimate of drug-likeness (QED) is 0.224. The van der Waals surface area contributed by atoms with Gasteiger partial charge >= 0.3 is 6.16 Å². The number of hydrogen-bond donors (Lipinski definition) is 0. The standard InChI is InChI=1S/C42H67NO7/c1-25(10-15-32-38(5,6)50-36(45)49-32)35-28(46-9)23-40(8)30-14-13-29-37(3,4)31(16-17-41(29)26(2)42(30,41)19-18-39(35,40)7)48-34-24-43(20-21-47-34)33(44)22-27-11-12-27/h25-32,34-35H,10-24H2,1-9H3/t25?,26-,28-,29?,30+,31+,32+,34?,35?,39-,40+,41?,42+/m1/s1. The van der Waals surface area contributed by atoms with Crippen LogP contribution in [0.15, 0.2) is 0 Å². The molecule has 8 aliphatic rings. The fourth-order valence-corrected chi connectivity index (χ4v) is 15.0. The lowest BCUT2D eigenvalue weighted by atomic mass is 9.41. The Morgan fingerprint density at radius 1 is 0.960 bits per heavy atom. The SMILES string of the molecule is CO[C@@H]1C[C@@]2(C)[C@@H]3CCC4C(C)(C)[C@@H](OC5CN(C(=O)CC6CC6)CCO5)CCC45[C@@H](C)[C@@]35CC[C@]2(C)C1C(C)CC[C@@H]1OC(=O)OC1(C)C. The minimum atomic E-state index is -0.575. The maximum absolute atomic E-state index is 13.0. The maximum Gasteiger partial charge on any atom is 0.509 e. The fraction of sp³-hybridized carbons (Fsp3) is 0.952. The van der Waals surface area contributed by atoms with E-state index in [9.17, 15) is 9.59 Å². The first-order valence-electron chi connectivity index (χ1n) is 20.5. The lowest BCUT2D eigenvalue weighted by molar-refractivity contribution is -0.246. The molecule has 6 saturated carbocycles. The molecule has 0 bridgehead atoms. The third-order valence-corrected chi connectivity index (χ3v) is 17.8. The van der Waals surface area contributed by atoms with Gasteiger partial charge in [-0.1, -0.05) is 41.5 Å². The molecule has 0 aromatic carbocycles. The number of carbonyl (C=O) groups excluding carboxylic acids is 2. The fourth-order valence-electron chi connectivity index (χ4n) is 15.0. The van der Waals surface area contributed by atoms with Crippen LogP contribution in [0.2, 0.25) is 0 Å². The van der Waals surface area contributed by atoms with Gasteiger partial charge < -0.3 is 28.6 Å². The highest BCUT2D eigenvalue weighted by Gasteiger charge is 2.86. The number of rotatable bonds is 9. The minimum absolute atomic E-state index is 0.0509. The first-order valence-corrected chi connectivity index (χ1v) is 20.5. The van der Waals surface area contributed by atoms with Crippen LogP contribution in [0.3, 0.4) is 0 Å². The maximum atomic E-state index is 13.0. The van der Waals surface area contributed by atoms with E-state index in [1.807, 2.05) is 25.9 Å². The van der Waals surface area contributed by atoms with Crippen molar-refractivity contribution in [2.24, 2.45) is 62.6 Å². The molecule has 0 N–H and O–H groups in total. The van der Waals surface area contributed by atoms with Crippen molar-refractivity contribution in [2.45, 2.75) is 163 Å². The summed E-state index contributed by atoms with van der Waals surface area (Å²) in [5.41, 5.74) is 0.681. The van der Waals surface area contributed by atoms with Crippen LogP contribution in [0.4, 0.5) is 4.79 Å². The van der Waals surface area contributed by atoms with Crippen LogP contribution >= 0.6 is 0 Å². The number of morpholine rings is 1. The number of carbonyl (C=O) groups is 2. The van der Waals surface area contributed by atoms with E-state index in [1.165, 1.54) is 44.9 Å². The summed E-state index contributed by atoms with van der Waals surface area (Å²) in [6.45, 7) is 21.1. The summed E-state index contributed by atoms with van der Waals surface area (Å²) in [6.07, 6.45) is 12.9. The average Bonchev–Trinajstić information content (AvgIpc) is 3.92. The van der Waals surface area contributed by atoms with Crippen LogP contribution in [0.1, 0.15) is 132 Å². The van der Waals surface area contributed by atoms with Crippen molar-refractivity contribution in [2.75, 3.05) is 26.8 Å². The molecule has 2 spiro atoms. The Morgan fingerprint density at radius 2 is 1.68 bits per heavy atom. The van der Waals surface area contributed by atoms with E-state index in [4.69, 9.17) is 23.7 Å². The predicted octanol–water partition coefficient (Wildman–Crippen LogP) is 8.40. The summed E-state index contributed by atoms with van der Waals surface area (Å²) in [6, 6.07) is 0. The summed E-state index contributed by atoms with van der Waals surface area (Å²) in [7, 11) is 1.94. The van der Waals surface area contributed by atoms with Crippen molar-refractivity contribution < 1.29 is 33.3 Å². The van der Waals surface area contributed by atoms with Gasteiger partial charge in [0, 0.05) is 20.1 Å². The molecular formula is C42H67NO7. The first-order chi connectivity index (χ1) is 23.5. The van der Waals surface area contributed by atoms with Crippen LogP contribution in [0.25, 0.3) is 0 Å². The Kier molecular flexibility index (Phi) is 8.42. The molecule has 2 aliphatic heterocycles. The van der Waals surface area contributed by atoms with Crippen molar-refractivity contribution >= 4 is 12.1 Å². The van der Waals surface area contributed by atoms with Gasteiger partial charge in [-0.25, -0.2) is 4.79 Å². The highest BCUT2D eigenvalue weighted by molar-refractivity contribution is 5.76. The second-order valence-corrected chi connectivity index (χ2v) is 20.2. The zero-order valence-electron chi connectivity index (χ0n) is 32.7. The van der Waals surface area contributed by atoms with E-state index in [0.717, 1.165) is 31.6 Å². The van der Waals surface area contributed by atoms with Crippen molar-refractivity contribution in [1.82, 2.24) is 4.90 Å². The highest BCUT2D eigenvalue weighted by atomic mass is 16.8. The second kappa shape index (κ2) is 11.8. The summed E-state index contributed by atoms with van der Waals surface area (Å²) >= 11 is 0. The molecule has 0 aromatic heterocycles. The molecule has 0 radical (unpaired) electrons. The summed E-state index contributed by atoms with van der Waals surface area (Å²) < 4.78 is 30.6. The Balaban J connectivity index is 0.985. The highest BCUT2D eigenvalue weighted by Crippen LogP contribution is 2.91. The molecule has 8 nitrogen and oxygen atoms in total. The van der Waals surface area contributed by atoms with Gasteiger partial charge in [-0.3, -0.25) is 4.79 Å². The van der Waals surface area contributed by atoms with Crippen molar-refractivity contribution in [3.63, 3.8) is 0 Å². The molecule has 2 heterocycles. The number of cyclic esters (lactones) is 2. The molecule has 0 aromatic rings. The third kappa shape index (κ3) is 4.91. The van der Waals surface area contributed by atoms with Crippen LogP contribution in [0.5, 0.6) is 0 Å².